The van der Waals surface area contributed by atoms with Crippen LogP contribution in [0.2, 0.25) is 0 Å². The largest absolute Gasteiger partial charge is 0.473 e. The lowest BCUT2D eigenvalue weighted by Crippen LogP contribution is -2.45. The van der Waals surface area contributed by atoms with E-state index >= 15 is 0 Å². The van der Waals surface area contributed by atoms with Gasteiger partial charge in [-0.15, -0.1) is 0 Å². The van der Waals surface area contributed by atoms with E-state index in [0.29, 0.717) is 18.7 Å². The molecule has 2 unspecified atom stereocenters. The van der Waals surface area contributed by atoms with Gasteiger partial charge in [-0.25, -0.2) is 0 Å². The number of hydrogen-bond donors (Lipinski definition) is 3. The molecule has 124 valence electrons. The van der Waals surface area contributed by atoms with Crippen LogP contribution in [-0.2, 0) is 4.79 Å². The van der Waals surface area contributed by atoms with Crippen LogP contribution in [0, 0.1) is 11.3 Å². The SMILES string of the molecule is CC(C)C(=O)NCC(C)(C)CC(O)C(N)Oc1ccccc1. The smallest absolute Gasteiger partial charge is 0.222 e. The molecule has 1 amide bonds. The van der Waals surface area contributed by atoms with Gasteiger partial charge in [0, 0.05) is 12.5 Å². The van der Waals surface area contributed by atoms with Crippen LogP contribution < -0.4 is 15.8 Å². The van der Waals surface area contributed by atoms with E-state index in [1.807, 2.05) is 45.9 Å². The number of aliphatic hydroxyl groups is 1. The van der Waals surface area contributed by atoms with Crippen LogP contribution in [0.3, 0.4) is 0 Å². The van der Waals surface area contributed by atoms with Crippen LogP contribution in [0.4, 0.5) is 0 Å². The highest BCUT2D eigenvalue weighted by Gasteiger charge is 2.27. The van der Waals surface area contributed by atoms with Crippen molar-refractivity contribution in [2.45, 2.75) is 46.4 Å². The Hall–Kier alpha value is -1.59. The Labute approximate surface area is 132 Å². The van der Waals surface area contributed by atoms with Gasteiger partial charge in [-0.3, -0.25) is 10.5 Å². The summed E-state index contributed by atoms with van der Waals surface area (Å²) < 4.78 is 5.53. The summed E-state index contributed by atoms with van der Waals surface area (Å²) in [5.41, 5.74) is 5.62. The summed E-state index contributed by atoms with van der Waals surface area (Å²) in [7, 11) is 0. The molecule has 5 nitrogen and oxygen atoms in total. The average Bonchev–Trinajstić information content (AvgIpc) is 2.45. The molecule has 0 aliphatic rings. The molecule has 0 aliphatic carbocycles. The number of nitrogens with two attached hydrogens (primary N) is 1. The van der Waals surface area contributed by atoms with Crippen LogP contribution in [0.15, 0.2) is 30.3 Å². The lowest BCUT2D eigenvalue weighted by molar-refractivity contribution is -0.124. The molecular weight excluding hydrogens is 280 g/mol. The predicted molar refractivity (Wildman–Crippen MR) is 87.3 cm³/mol. The molecule has 0 radical (unpaired) electrons. The van der Waals surface area contributed by atoms with Gasteiger partial charge < -0.3 is 15.2 Å². The molecule has 0 heterocycles. The third-order valence-corrected chi connectivity index (χ3v) is 3.42. The zero-order valence-corrected chi connectivity index (χ0v) is 13.9. The van der Waals surface area contributed by atoms with E-state index < -0.39 is 12.3 Å². The molecule has 5 heteroatoms. The maximum absolute atomic E-state index is 11.6. The van der Waals surface area contributed by atoms with Crippen molar-refractivity contribution in [3.8, 4) is 5.75 Å². The number of carbonyl (C=O) groups excluding carboxylic acids is 1. The first kappa shape index (κ1) is 18.5. The Morgan fingerprint density at radius 1 is 1.32 bits per heavy atom. The summed E-state index contributed by atoms with van der Waals surface area (Å²) in [6.45, 7) is 8.14. The molecule has 1 rings (SSSR count). The number of amides is 1. The third-order valence-electron chi connectivity index (χ3n) is 3.42. The van der Waals surface area contributed by atoms with E-state index in [0.717, 1.165) is 0 Å². The highest BCUT2D eigenvalue weighted by molar-refractivity contribution is 5.77. The van der Waals surface area contributed by atoms with Crippen LogP contribution >= 0.6 is 0 Å². The molecule has 0 saturated heterocycles. The first-order chi connectivity index (χ1) is 10.2. The zero-order valence-electron chi connectivity index (χ0n) is 13.9. The molecule has 1 aromatic rings. The zero-order chi connectivity index (χ0) is 16.8. The second kappa shape index (κ2) is 8.15. The van der Waals surface area contributed by atoms with Gasteiger partial charge in [0.25, 0.3) is 0 Å². The fourth-order valence-electron chi connectivity index (χ4n) is 2.02. The predicted octanol–water partition coefficient (Wildman–Crippen LogP) is 1.90. The summed E-state index contributed by atoms with van der Waals surface area (Å²) in [5, 5.41) is 13.1. The molecule has 22 heavy (non-hydrogen) atoms. The highest BCUT2D eigenvalue weighted by atomic mass is 16.5. The minimum atomic E-state index is -0.814. The minimum absolute atomic E-state index is 0.00685. The number of benzene rings is 1. The van der Waals surface area contributed by atoms with Crippen molar-refractivity contribution in [3.05, 3.63) is 30.3 Å². The van der Waals surface area contributed by atoms with Crippen LogP contribution in [0.25, 0.3) is 0 Å². The maximum atomic E-state index is 11.6. The van der Waals surface area contributed by atoms with Crippen molar-refractivity contribution >= 4 is 5.91 Å². The van der Waals surface area contributed by atoms with Crippen molar-refractivity contribution < 1.29 is 14.6 Å². The molecule has 1 aromatic carbocycles. The van der Waals surface area contributed by atoms with Gasteiger partial charge in [0.05, 0.1) is 0 Å². The molecule has 4 N–H and O–H groups in total. The van der Waals surface area contributed by atoms with Crippen LogP contribution in [0.5, 0.6) is 5.75 Å². The van der Waals surface area contributed by atoms with E-state index in [1.54, 1.807) is 12.1 Å². The normalized spacial score (nSPS) is 14.5. The van der Waals surface area contributed by atoms with Crippen molar-refractivity contribution in [3.63, 3.8) is 0 Å². The Bertz CT molecular complexity index is 460. The van der Waals surface area contributed by atoms with Gasteiger partial charge >= 0.3 is 0 Å². The first-order valence-electron chi connectivity index (χ1n) is 7.64. The summed E-state index contributed by atoms with van der Waals surface area (Å²) in [6, 6.07) is 9.16. The lowest BCUT2D eigenvalue weighted by atomic mass is 9.86. The molecule has 0 saturated carbocycles. The lowest BCUT2D eigenvalue weighted by Gasteiger charge is -2.30. The van der Waals surface area contributed by atoms with E-state index in [2.05, 4.69) is 5.32 Å². The maximum Gasteiger partial charge on any atom is 0.222 e. The van der Waals surface area contributed by atoms with Crippen LogP contribution in [0.1, 0.15) is 34.1 Å². The van der Waals surface area contributed by atoms with E-state index in [4.69, 9.17) is 10.5 Å². The molecule has 0 spiro atoms. The summed E-state index contributed by atoms with van der Waals surface area (Å²) in [6.07, 6.45) is -1.19. The Balaban J connectivity index is 2.47. The number of hydrogen-bond acceptors (Lipinski definition) is 4. The summed E-state index contributed by atoms with van der Waals surface area (Å²) in [4.78, 5) is 11.6. The topological polar surface area (TPSA) is 84.6 Å². The molecule has 0 aromatic heterocycles. The Morgan fingerprint density at radius 3 is 2.45 bits per heavy atom. The van der Waals surface area contributed by atoms with Gasteiger partial charge in [-0.05, 0) is 24.0 Å². The molecule has 0 bridgehead atoms. The van der Waals surface area contributed by atoms with Gasteiger partial charge in [0.1, 0.15) is 11.9 Å². The van der Waals surface area contributed by atoms with Crippen molar-refractivity contribution in [1.82, 2.24) is 5.32 Å². The Morgan fingerprint density at radius 2 is 1.91 bits per heavy atom. The molecule has 0 aliphatic heterocycles. The van der Waals surface area contributed by atoms with E-state index in [1.165, 1.54) is 0 Å². The quantitative estimate of drug-likeness (QED) is 0.640. The molecule has 0 fully saturated rings. The molecular formula is C17H28N2O3. The number of carbonyl (C=O) groups is 1. The van der Waals surface area contributed by atoms with Gasteiger partial charge in [-0.1, -0.05) is 45.9 Å². The van der Waals surface area contributed by atoms with E-state index in [9.17, 15) is 9.90 Å². The number of aliphatic hydroxyl groups excluding tert-OH is 1. The average molecular weight is 308 g/mol. The number of ether oxygens (including phenoxy) is 1. The van der Waals surface area contributed by atoms with Gasteiger partial charge in [0.2, 0.25) is 5.91 Å². The first-order valence-corrected chi connectivity index (χ1v) is 7.64. The third kappa shape index (κ3) is 6.45. The van der Waals surface area contributed by atoms with E-state index in [-0.39, 0.29) is 17.2 Å². The summed E-state index contributed by atoms with van der Waals surface area (Å²) in [5.74, 6) is 0.580. The monoisotopic (exact) mass is 308 g/mol. The van der Waals surface area contributed by atoms with Gasteiger partial charge in [-0.2, -0.15) is 0 Å². The second-order valence-electron chi connectivity index (χ2n) is 6.70. The number of para-hydroxylation sites is 1. The fraction of sp³-hybridized carbons (Fsp3) is 0.588. The van der Waals surface area contributed by atoms with Gasteiger partial charge in [0.15, 0.2) is 6.23 Å². The summed E-state index contributed by atoms with van der Waals surface area (Å²) >= 11 is 0. The standard InChI is InChI=1S/C17H28N2O3/c1-12(2)16(21)19-11-17(3,4)10-14(20)15(18)22-13-8-6-5-7-9-13/h5-9,12,14-15,20H,10-11,18H2,1-4H3,(H,19,21). The Kier molecular flexibility index (Phi) is 6.84. The van der Waals surface area contributed by atoms with Crippen molar-refractivity contribution in [1.29, 1.82) is 0 Å². The highest BCUT2D eigenvalue weighted by Crippen LogP contribution is 2.23. The van der Waals surface area contributed by atoms with Crippen molar-refractivity contribution in [2.75, 3.05) is 6.54 Å². The fourth-order valence-corrected chi connectivity index (χ4v) is 2.02. The number of nitrogens with one attached hydrogen (secondary N) is 1. The van der Waals surface area contributed by atoms with Crippen LogP contribution in [-0.4, -0.2) is 29.9 Å². The minimum Gasteiger partial charge on any atom is -0.473 e. The molecule has 2 atom stereocenters. The van der Waals surface area contributed by atoms with Crippen molar-refractivity contribution in [2.24, 2.45) is 17.1 Å². The second-order valence-corrected chi connectivity index (χ2v) is 6.70. The number of rotatable bonds is 8.